The van der Waals surface area contributed by atoms with Crippen LogP contribution in [0.4, 0.5) is 0 Å². The molecule has 0 saturated heterocycles. The average molecular weight is 352 g/mol. The number of hydrogen-bond acceptors (Lipinski definition) is 2. The molecule has 0 saturated carbocycles. The van der Waals surface area contributed by atoms with E-state index in [4.69, 9.17) is 0 Å². The summed E-state index contributed by atoms with van der Waals surface area (Å²) in [6.07, 6.45) is 1.14. The summed E-state index contributed by atoms with van der Waals surface area (Å²) in [5, 5.41) is 3.70. The minimum Gasteiger partial charge on any atom is -0.306 e. The summed E-state index contributed by atoms with van der Waals surface area (Å²) in [6.45, 7) is 9.76. The molecular weight excluding hydrogens is 330 g/mol. The Hall–Kier alpha value is -0.640. The summed E-state index contributed by atoms with van der Waals surface area (Å²) in [4.78, 5) is 2.73. The van der Waals surface area contributed by atoms with Gasteiger partial charge in [-0.25, -0.2) is 0 Å². The molecule has 0 spiro atoms. The maximum absolute atomic E-state index is 3.72. The highest BCUT2D eigenvalue weighted by molar-refractivity contribution is 9.10. The lowest BCUT2D eigenvalue weighted by molar-refractivity contribution is 0.602. The van der Waals surface area contributed by atoms with Crippen LogP contribution in [0.1, 0.15) is 45.8 Å². The van der Waals surface area contributed by atoms with Gasteiger partial charge in [0.15, 0.2) is 0 Å². The van der Waals surface area contributed by atoms with E-state index in [1.54, 1.807) is 0 Å². The Kier molecular flexibility index (Phi) is 5.42. The second-order valence-corrected chi connectivity index (χ2v) is 7.46. The van der Waals surface area contributed by atoms with Gasteiger partial charge in [-0.3, -0.25) is 0 Å². The molecule has 1 unspecified atom stereocenters. The van der Waals surface area contributed by atoms with Crippen LogP contribution in [-0.2, 0) is 0 Å². The van der Waals surface area contributed by atoms with E-state index in [1.807, 2.05) is 11.3 Å². The van der Waals surface area contributed by atoms with E-state index >= 15 is 0 Å². The summed E-state index contributed by atoms with van der Waals surface area (Å²) in [5.41, 5.74) is 4.06. The van der Waals surface area contributed by atoms with Gasteiger partial charge in [-0.05, 0) is 66.9 Å². The maximum Gasteiger partial charge on any atom is 0.0685 e. The Morgan fingerprint density at radius 2 is 1.95 bits per heavy atom. The van der Waals surface area contributed by atoms with Gasteiger partial charge in [0.05, 0.1) is 6.04 Å². The van der Waals surface area contributed by atoms with E-state index < -0.39 is 0 Å². The monoisotopic (exact) mass is 351 g/mol. The van der Waals surface area contributed by atoms with Gasteiger partial charge >= 0.3 is 0 Å². The number of hydrogen-bond donors (Lipinski definition) is 1. The second-order valence-electron chi connectivity index (χ2n) is 5.32. The number of nitrogens with one attached hydrogen (secondary N) is 1. The lowest BCUT2D eigenvalue weighted by atomic mass is 9.97. The smallest absolute Gasteiger partial charge is 0.0685 e. The summed E-state index contributed by atoms with van der Waals surface area (Å²) in [5.74, 6) is 0. The minimum absolute atomic E-state index is 0.280. The van der Waals surface area contributed by atoms with Crippen LogP contribution in [-0.4, -0.2) is 6.54 Å². The van der Waals surface area contributed by atoms with Crippen LogP contribution in [0.25, 0.3) is 0 Å². The van der Waals surface area contributed by atoms with Crippen molar-refractivity contribution >= 4 is 27.3 Å². The molecule has 20 heavy (non-hydrogen) atoms. The molecule has 2 rings (SSSR count). The molecule has 0 bridgehead atoms. The SMILES string of the molecule is CCCNC(c1cc(C)ccc1C)c1sc(C)cc1Br. The van der Waals surface area contributed by atoms with Crippen molar-refractivity contribution in [3.05, 3.63) is 55.2 Å². The first-order valence-corrected chi connectivity index (χ1v) is 8.70. The Bertz CT molecular complexity index is 589. The van der Waals surface area contributed by atoms with Crippen molar-refractivity contribution in [2.24, 2.45) is 0 Å². The lowest BCUT2D eigenvalue weighted by Gasteiger charge is -2.21. The molecule has 1 atom stereocenters. The Morgan fingerprint density at radius 3 is 2.55 bits per heavy atom. The molecule has 108 valence electrons. The van der Waals surface area contributed by atoms with Crippen molar-refractivity contribution in [2.75, 3.05) is 6.54 Å². The highest BCUT2D eigenvalue weighted by Gasteiger charge is 2.20. The van der Waals surface area contributed by atoms with Gasteiger partial charge in [-0.1, -0.05) is 30.7 Å². The highest BCUT2D eigenvalue weighted by atomic mass is 79.9. The lowest BCUT2D eigenvalue weighted by Crippen LogP contribution is -2.23. The molecule has 0 fully saturated rings. The second kappa shape index (κ2) is 6.88. The number of thiophene rings is 1. The summed E-state index contributed by atoms with van der Waals surface area (Å²) in [6, 6.07) is 9.21. The van der Waals surface area contributed by atoms with E-state index in [9.17, 15) is 0 Å². The maximum atomic E-state index is 3.72. The Morgan fingerprint density at radius 1 is 1.20 bits per heavy atom. The molecular formula is C17H22BrNS. The molecule has 1 aromatic carbocycles. The number of benzene rings is 1. The van der Waals surface area contributed by atoms with E-state index in [0.29, 0.717) is 0 Å². The quantitative estimate of drug-likeness (QED) is 0.747. The Balaban J connectivity index is 2.46. The molecule has 0 aliphatic heterocycles. The van der Waals surface area contributed by atoms with Crippen molar-refractivity contribution < 1.29 is 0 Å². The van der Waals surface area contributed by atoms with Crippen molar-refractivity contribution in [3.63, 3.8) is 0 Å². The van der Waals surface area contributed by atoms with Crippen molar-refractivity contribution in [1.29, 1.82) is 0 Å². The summed E-state index contributed by atoms with van der Waals surface area (Å²) >= 11 is 5.59. The molecule has 0 amide bonds. The third-order valence-electron chi connectivity index (χ3n) is 3.44. The van der Waals surface area contributed by atoms with Crippen LogP contribution in [0, 0.1) is 20.8 Å². The predicted octanol–water partition coefficient (Wildman–Crippen LogP) is 5.52. The largest absolute Gasteiger partial charge is 0.306 e. The summed E-state index contributed by atoms with van der Waals surface area (Å²) < 4.78 is 1.22. The number of aryl methyl sites for hydroxylation is 3. The predicted molar refractivity (Wildman–Crippen MR) is 92.8 cm³/mol. The van der Waals surface area contributed by atoms with Gasteiger partial charge < -0.3 is 5.32 Å². The molecule has 1 aromatic heterocycles. The van der Waals surface area contributed by atoms with Crippen LogP contribution < -0.4 is 5.32 Å². The topological polar surface area (TPSA) is 12.0 Å². The van der Waals surface area contributed by atoms with Crippen LogP contribution >= 0.6 is 27.3 Å². The average Bonchev–Trinajstić information content (AvgIpc) is 2.73. The normalized spacial score (nSPS) is 12.7. The van der Waals surface area contributed by atoms with Crippen LogP contribution in [0.3, 0.4) is 0 Å². The molecule has 0 aliphatic carbocycles. The van der Waals surface area contributed by atoms with Gasteiger partial charge in [0.1, 0.15) is 0 Å². The van der Waals surface area contributed by atoms with Crippen LogP contribution in [0.15, 0.2) is 28.7 Å². The third kappa shape index (κ3) is 3.51. The van der Waals surface area contributed by atoms with Crippen LogP contribution in [0.2, 0.25) is 0 Å². The molecule has 2 aromatic rings. The van der Waals surface area contributed by atoms with Crippen LogP contribution in [0.5, 0.6) is 0 Å². The Labute approximate surface area is 134 Å². The fourth-order valence-corrected chi connectivity index (χ4v) is 4.38. The molecule has 0 aliphatic rings. The highest BCUT2D eigenvalue weighted by Crippen LogP contribution is 2.36. The first kappa shape index (κ1) is 15.7. The zero-order valence-corrected chi connectivity index (χ0v) is 15.0. The molecule has 1 nitrogen and oxygen atoms in total. The fourth-order valence-electron chi connectivity index (χ4n) is 2.40. The fraction of sp³-hybridized carbons (Fsp3) is 0.412. The van der Waals surface area contributed by atoms with Gasteiger partial charge in [0.2, 0.25) is 0 Å². The molecule has 1 N–H and O–H groups in total. The first-order valence-electron chi connectivity index (χ1n) is 7.09. The van der Waals surface area contributed by atoms with Crippen molar-refractivity contribution in [3.8, 4) is 0 Å². The van der Waals surface area contributed by atoms with Gasteiger partial charge in [-0.15, -0.1) is 11.3 Å². The van der Waals surface area contributed by atoms with E-state index in [0.717, 1.165) is 13.0 Å². The first-order chi connectivity index (χ1) is 9.52. The van der Waals surface area contributed by atoms with Gasteiger partial charge in [0.25, 0.3) is 0 Å². The number of halogens is 1. The zero-order valence-electron chi connectivity index (χ0n) is 12.6. The van der Waals surface area contributed by atoms with Gasteiger partial charge in [0, 0.05) is 14.2 Å². The van der Waals surface area contributed by atoms with E-state index in [2.05, 4.69) is 73.2 Å². The molecule has 1 heterocycles. The number of rotatable bonds is 5. The van der Waals surface area contributed by atoms with Gasteiger partial charge in [-0.2, -0.15) is 0 Å². The minimum atomic E-state index is 0.280. The standard InChI is InChI=1S/C17H22BrNS/c1-5-8-19-16(17-15(18)10-13(4)20-17)14-9-11(2)6-7-12(14)3/h6-7,9-10,16,19H,5,8H2,1-4H3. The summed E-state index contributed by atoms with van der Waals surface area (Å²) in [7, 11) is 0. The van der Waals surface area contributed by atoms with Crippen molar-refractivity contribution in [1.82, 2.24) is 5.32 Å². The van der Waals surface area contributed by atoms with E-state index in [1.165, 1.54) is 30.9 Å². The van der Waals surface area contributed by atoms with Crippen molar-refractivity contribution in [2.45, 2.75) is 40.2 Å². The molecule has 3 heteroatoms. The van der Waals surface area contributed by atoms with E-state index in [-0.39, 0.29) is 6.04 Å². The third-order valence-corrected chi connectivity index (χ3v) is 5.48. The molecule has 0 radical (unpaired) electrons. The zero-order chi connectivity index (χ0) is 14.7.